The smallest absolute Gasteiger partial charge is 0.306 e. The number of fused-ring (bicyclic) bond motifs is 1. The molecule has 1 N–H and O–H groups in total. The van der Waals surface area contributed by atoms with Crippen LogP contribution in [0.5, 0.6) is 0 Å². The lowest BCUT2D eigenvalue weighted by Gasteiger charge is -2.30. The lowest BCUT2D eigenvalue weighted by Crippen LogP contribution is -2.41. The van der Waals surface area contributed by atoms with E-state index in [4.69, 9.17) is 5.11 Å². The molecule has 1 amide bonds. The molecule has 3 rings (SSSR count). The average molecular weight is 287 g/mol. The fourth-order valence-corrected chi connectivity index (χ4v) is 2.76. The number of para-hydroxylation sites is 1. The monoisotopic (exact) mass is 287 g/mol. The Kier molecular flexibility index (Phi) is 3.60. The minimum atomic E-state index is -0.764. The van der Waals surface area contributed by atoms with Crippen molar-refractivity contribution in [2.24, 2.45) is 5.92 Å². The van der Waals surface area contributed by atoms with Gasteiger partial charge in [0.2, 0.25) is 5.91 Å². The van der Waals surface area contributed by atoms with E-state index >= 15 is 0 Å². The van der Waals surface area contributed by atoms with Crippen LogP contribution in [0, 0.1) is 5.92 Å². The van der Waals surface area contributed by atoms with Gasteiger partial charge in [-0.2, -0.15) is 5.10 Å². The Hall–Kier alpha value is -2.37. The van der Waals surface area contributed by atoms with Crippen molar-refractivity contribution in [3.05, 3.63) is 30.5 Å². The molecular weight excluding hydrogens is 270 g/mol. The number of carboxylic acids is 1. The summed E-state index contributed by atoms with van der Waals surface area (Å²) in [6.45, 7) is 1.22. The summed E-state index contributed by atoms with van der Waals surface area (Å²) in [6, 6.07) is 7.75. The highest BCUT2D eigenvalue weighted by Crippen LogP contribution is 2.18. The van der Waals surface area contributed by atoms with Crippen LogP contribution in [0.3, 0.4) is 0 Å². The summed E-state index contributed by atoms with van der Waals surface area (Å²) in [5.74, 6) is -1.09. The van der Waals surface area contributed by atoms with Gasteiger partial charge in [0.25, 0.3) is 0 Å². The van der Waals surface area contributed by atoms with E-state index in [-0.39, 0.29) is 18.4 Å². The van der Waals surface area contributed by atoms with Crippen molar-refractivity contribution in [2.45, 2.75) is 19.4 Å². The highest BCUT2D eigenvalue weighted by molar-refractivity contribution is 5.82. The van der Waals surface area contributed by atoms with Gasteiger partial charge < -0.3 is 10.0 Å². The second-order valence-electron chi connectivity index (χ2n) is 5.35. The maximum atomic E-state index is 12.3. The Morgan fingerprint density at radius 1 is 1.24 bits per heavy atom. The number of aliphatic carboxylic acids is 1. The number of likely N-dealkylation sites (tertiary alicyclic amines) is 1. The molecule has 0 unspecified atom stereocenters. The molecule has 1 aromatic heterocycles. The molecule has 110 valence electrons. The van der Waals surface area contributed by atoms with Crippen molar-refractivity contribution in [2.75, 3.05) is 13.1 Å². The summed E-state index contributed by atoms with van der Waals surface area (Å²) in [5.41, 5.74) is 0.936. The first-order valence-electron chi connectivity index (χ1n) is 7.06. The predicted octanol–water partition coefficient (Wildman–Crippen LogP) is 1.36. The molecule has 0 saturated carbocycles. The first-order valence-corrected chi connectivity index (χ1v) is 7.06. The fourth-order valence-electron chi connectivity index (χ4n) is 2.76. The second-order valence-corrected chi connectivity index (χ2v) is 5.35. The van der Waals surface area contributed by atoms with Gasteiger partial charge in [0, 0.05) is 18.5 Å². The van der Waals surface area contributed by atoms with E-state index in [0.29, 0.717) is 25.9 Å². The number of benzene rings is 1. The van der Waals surface area contributed by atoms with Crippen LogP contribution in [0.2, 0.25) is 0 Å². The van der Waals surface area contributed by atoms with Gasteiger partial charge in [0.1, 0.15) is 6.54 Å². The minimum absolute atomic E-state index is 0.00677. The molecule has 21 heavy (non-hydrogen) atoms. The minimum Gasteiger partial charge on any atom is -0.481 e. The summed E-state index contributed by atoms with van der Waals surface area (Å²) >= 11 is 0. The van der Waals surface area contributed by atoms with E-state index in [0.717, 1.165) is 10.9 Å². The molecule has 1 fully saturated rings. The summed E-state index contributed by atoms with van der Waals surface area (Å²) in [5, 5.41) is 14.2. The summed E-state index contributed by atoms with van der Waals surface area (Å²) in [6.07, 6.45) is 2.81. The van der Waals surface area contributed by atoms with Crippen LogP contribution in [0.15, 0.2) is 30.5 Å². The molecule has 1 aliphatic rings. The number of amides is 1. The molecule has 2 heterocycles. The van der Waals surface area contributed by atoms with E-state index in [9.17, 15) is 9.59 Å². The molecular formula is C15H17N3O3. The second kappa shape index (κ2) is 5.55. The van der Waals surface area contributed by atoms with Crippen LogP contribution >= 0.6 is 0 Å². The number of rotatable bonds is 3. The average Bonchev–Trinajstić information content (AvgIpc) is 2.91. The number of hydrogen-bond donors (Lipinski definition) is 1. The molecule has 6 nitrogen and oxygen atoms in total. The standard InChI is InChI=1S/C15H17N3O3/c19-14(17-7-5-11(6-8-17)15(20)21)10-18-13-4-2-1-3-12(13)9-16-18/h1-4,9,11H,5-8,10H2,(H,20,21). The molecule has 6 heteroatoms. The zero-order valence-electron chi connectivity index (χ0n) is 11.6. The van der Waals surface area contributed by atoms with Crippen LogP contribution < -0.4 is 0 Å². The van der Waals surface area contributed by atoms with Crippen molar-refractivity contribution in [3.63, 3.8) is 0 Å². The molecule has 2 aromatic rings. The maximum absolute atomic E-state index is 12.3. The van der Waals surface area contributed by atoms with Crippen molar-refractivity contribution in [1.82, 2.24) is 14.7 Å². The topological polar surface area (TPSA) is 75.4 Å². The largest absolute Gasteiger partial charge is 0.481 e. The zero-order chi connectivity index (χ0) is 14.8. The first kappa shape index (κ1) is 13.6. The number of carboxylic acid groups (broad SMARTS) is 1. The Morgan fingerprint density at radius 3 is 2.67 bits per heavy atom. The fraction of sp³-hybridized carbons (Fsp3) is 0.400. The van der Waals surface area contributed by atoms with Crippen LogP contribution in [0.25, 0.3) is 10.9 Å². The van der Waals surface area contributed by atoms with E-state index in [2.05, 4.69) is 5.10 Å². The molecule has 0 aliphatic carbocycles. The van der Waals surface area contributed by atoms with E-state index < -0.39 is 5.97 Å². The van der Waals surface area contributed by atoms with Crippen LogP contribution in [-0.4, -0.2) is 44.8 Å². The molecule has 0 bridgehead atoms. The van der Waals surface area contributed by atoms with Crippen molar-refractivity contribution in [1.29, 1.82) is 0 Å². The Balaban J connectivity index is 1.66. The number of nitrogens with zero attached hydrogens (tertiary/aromatic N) is 3. The summed E-state index contributed by atoms with van der Waals surface area (Å²) in [4.78, 5) is 25.0. The molecule has 0 spiro atoms. The molecule has 0 radical (unpaired) electrons. The van der Waals surface area contributed by atoms with Gasteiger partial charge in [-0.3, -0.25) is 14.3 Å². The Labute approximate surface area is 122 Å². The van der Waals surface area contributed by atoms with Crippen LogP contribution in [0.1, 0.15) is 12.8 Å². The lowest BCUT2D eigenvalue weighted by atomic mass is 9.97. The number of carbonyl (C=O) groups is 2. The first-order chi connectivity index (χ1) is 10.1. The van der Waals surface area contributed by atoms with Crippen molar-refractivity contribution < 1.29 is 14.7 Å². The Bertz CT molecular complexity index is 672. The molecule has 1 saturated heterocycles. The third-order valence-corrected chi connectivity index (χ3v) is 4.03. The number of aromatic nitrogens is 2. The zero-order valence-corrected chi connectivity index (χ0v) is 11.6. The predicted molar refractivity (Wildman–Crippen MR) is 76.7 cm³/mol. The van der Waals surface area contributed by atoms with Crippen LogP contribution in [-0.2, 0) is 16.1 Å². The third-order valence-electron chi connectivity index (χ3n) is 4.03. The number of carbonyl (C=O) groups excluding carboxylic acids is 1. The van der Waals surface area contributed by atoms with Gasteiger partial charge in [-0.25, -0.2) is 0 Å². The van der Waals surface area contributed by atoms with E-state index in [1.165, 1.54) is 0 Å². The van der Waals surface area contributed by atoms with Gasteiger partial charge in [0.15, 0.2) is 0 Å². The van der Waals surface area contributed by atoms with Gasteiger partial charge in [-0.05, 0) is 18.9 Å². The quantitative estimate of drug-likeness (QED) is 0.925. The number of piperidine rings is 1. The van der Waals surface area contributed by atoms with Crippen molar-refractivity contribution >= 4 is 22.8 Å². The van der Waals surface area contributed by atoms with E-state index in [1.54, 1.807) is 15.8 Å². The van der Waals surface area contributed by atoms with Crippen molar-refractivity contribution in [3.8, 4) is 0 Å². The SMILES string of the molecule is O=C(O)C1CCN(C(=O)Cn2ncc3ccccc32)CC1. The van der Waals surface area contributed by atoms with Gasteiger partial charge in [0.05, 0.1) is 17.6 Å². The maximum Gasteiger partial charge on any atom is 0.306 e. The third kappa shape index (κ3) is 2.74. The molecule has 1 aliphatic heterocycles. The van der Waals surface area contributed by atoms with Gasteiger partial charge >= 0.3 is 5.97 Å². The highest BCUT2D eigenvalue weighted by Gasteiger charge is 2.27. The van der Waals surface area contributed by atoms with Gasteiger partial charge in [-0.1, -0.05) is 18.2 Å². The number of hydrogen-bond acceptors (Lipinski definition) is 3. The summed E-state index contributed by atoms with van der Waals surface area (Å²) in [7, 11) is 0. The van der Waals surface area contributed by atoms with Gasteiger partial charge in [-0.15, -0.1) is 0 Å². The molecule has 1 aromatic carbocycles. The summed E-state index contributed by atoms with van der Waals surface area (Å²) < 4.78 is 1.70. The normalized spacial score (nSPS) is 16.3. The highest BCUT2D eigenvalue weighted by atomic mass is 16.4. The van der Waals surface area contributed by atoms with Crippen LogP contribution in [0.4, 0.5) is 0 Å². The lowest BCUT2D eigenvalue weighted by molar-refractivity contribution is -0.145. The Morgan fingerprint density at radius 2 is 1.95 bits per heavy atom. The molecule has 0 atom stereocenters. The van der Waals surface area contributed by atoms with E-state index in [1.807, 2.05) is 24.3 Å².